The van der Waals surface area contributed by atoms with Gasteiger partial charge in [0.25, 0.3) is 0 Å². The summed E-state index contributed by atoms with van der Waals surface area (Å²) >= 11 is 12.0. The lowest BCUT2D eigenvalue weighted by atomic mass is 9.79. The molecule has 1 fully saturated rings. The second-order valence-corrected chi connectivity index (χ2v) is 8.92. The Morgan fingerprint density at radius 3 is 2.80 bits per heavy atom. The molecule has 0 bridgehead atoms. The van der Waals surface area contributed by atoms with E-state index in [-0.39, 0.29) is 30.8 Å². The number of hydrogen-bond donors (Lipinski definition) is 1. The second kappa shape index (κ2) is 8.27. The minimum Gasteiger partial charge on any atom is -0.331 e. The molecule has 0 radical (unpaired) electrons. The van der Waals surface area contributed by atoms with E-state index in [0.29, 0.717) is 41.8 Å². The number of nitrogens with zero attached hydrogens (tertiary/aromatic N) is 3. The van der Waals surface area contributed by atoms with E-state index in [4.69, 9.17) is 23.2 Å². The highest BCUT2D eigenvalue weighted by Crippen LogP contribution is 2.43. The largest absolute Gasteiger partial charge is 0.331 e. The highest BCUT2D eigenvalue weighted by atomic mass is 35.5. The molecule has 2 aliphatic rings. The molecule has 9 heteroatoms. The summed E-state index contributed by atoms with van der Waals surface area (Å²) in [6, 6.07) is 4.83. The lowest BCUT2D eigenvalue weighted by Crippen LogP contribution is -2.44. The number of aromatic nitrogens is 2. The molecule has 1 atom stereocenters. The SMILES string of the molecule is C[C@@H](NC(=O)N1CCc2cnc(CC3CC(F)(F)C3)nc2C1)c1ccc(Cl)c(Cl)c1. The van der Waals surface area contributed by atoms with Gasteiger partial charge in [-0.25, -0.2) is 23.5 Å². The number of fused-ring (bicyclic) bond motifs is 1. The number of carbonyl (C=O) groups is 1. The summed E-state index contributed by atoms with van der Waals surface area (Å²) in [5.41, 5.74) is 2.64. The van der Waals surface area contributed by atoms with Crippen LogP contribution in [-0.4, -0.2) is 33.4 Å². The Bertz CT molecular complexity index is 964. The van der Waals surface area contributed by atoms with Gasteiger partial charge in [-0.15, -0.1) is 0 Å². The predicted octanol–water partition coefficient (Wildman–Crippen LogP) is 5.20. The van der Waals surface area contributed by atoms with Crippen molar-refractivity contribution in [3.8, 4) is 0 Å². The van der Waals surface area contributed by atoms with Crippen molar-refractivity contribution in [3.63, 3.8) is 0 Å². The first kappa shape index (κ1) is 21.2. The molecular weight excluding hydrogens is 433 g/mol. The first-order chi connectivity index (χ1) is 14.2. The lowest BCUT2D eigenvalue weighted by Gasteiger charge is -2.34. The van der Waals surface area contributed by atoms with E-state index in [1.165, 1.54) is 0 Å². The predicted molar refractivity (Wildman–Crippen MR) is 111 cm³/mol. The van der Waals surface area contributed by atoms with E-state index in [0.717, 1.165) is 16.8 Å². The van der Waals surface area contributed by atoms with Crippen LogP contribution in [0.2, 0.25) is 10.0 Å². The molecule has 0 unspecified atom stereocenters. The number of hydrogen-bond acceptors (Lipinski definition) is 3. The number of benzene rings is 1. The second-order valence-electron chi connectivity index (χ2n) is 8.11. The molecule has 0 saturated heterocycles. The first-order valence-corrected chi connectivity index (χ1v) is 10.7. The Morgan fingerprint density at radius 1 is 1.33 bits per heavy atom. The van der Waals surface area contributed by atoms with E-state index in [2.05, 4.69) is 15.3 Å². The molecular formula is C21H22Cl2F2N4O. The molecule has 4 rings (SSSR count). The van der Waals surface area contributed by atoms with Crippen molar-refractivity contribution in [2.45, 2.75) is 51.1 Å². The van der Waals surface area contributed by atoms with Gasteiger partial charge in [0.2, 0.25) is 5.92 Å². The molecule has 2 heterocycles. The minimum atomic E-state index is -2.54. The molecule has 2 amide bonds. The Hall–Kier alpha value is -1.99. The van der Waals surface area contributed by atoms with Crippen molar-refractivity contribution < 1.29 is 13.6 Å². The van der Waals surface area contributed by atoms with Crippen LogP contribution in [0, 0.1) is 5.92 Å². The Balaban J connectivity index is 1.38. The Labute approximate surface area is 183 Å². The zero-order chi connectivity index (χ0) is 21.5. The number of amides is 2. The van der Waals surface area contributed by atoms with Gasteiger partial charge < -0.3 is 10.2 Å². The normalized spacial score (nSPS) is 19.0. The Kier molecular flexibility index (Phi) is 5.86. The summed E-state index contributed by atoms with van der Waals surface area (Å²) in [5.74, 6) is -2.05. The fourth-order valence-corrected chi connectivity index (χ4v) is 4.25. The molecule has 5 nitrogen and oxygen atoms in total. The van der Waals surface area contributed by atoms with Crippen molar-refractivity contribution >= 4 is 29.2 Å². The molecule has 1 aromatic heterocycles. The number of rotatable bonds is 4. The van der Waals surface area contributed by atoms with Crippen LogP contribution in [0.25, 0.3) is 0 Å². The minimum absolute atomic E-state index is 0.0758. The number of urea groups is 1. The zero-order valence-corrected chi connectivity index (χ0v) is 18.0. The molecule has 1 aliphatic heterocycles. The lowest BCUT2D eigenvalue weighted by molar-refractivity contribution is -0.110. The first-order valence-electron chi connectivity index (χ1n) is 9.92. The van der Waals surface area contributed by atoms with Gasteiger partial charge >= 0.3 is 6.03 Å². The van der Waals surface area contributed by atoms with Crippen LogP contribution in [0.4, 0.5) is 13.6 Å². The smallest absolute Gasteiger partial charge is 0.318 e. The van der Waals surface area contributed by atoms with Crippen LogP contribution in [0.15, 0.2) is 24.4 Å². The molecule has 30 heavy (non-hydrogen) atoms. The summed E-state index contributed by atoms with van der Waals surface area (Å²) in [7, 11) is 0. The van der Waals surface area contributed by atoms with Crippen LogP contribution in [0.3, 0.4) is 0 Å². The maximum absolute atomic E-state index is 13.1. The van der Waals surface area contributed by atoms with Crippen LogP contribution in [0.1, 0.15) is 48.5 Å². The number of alkyl halides is 2. The summed E-state index contributed by atoms with van der Waals surface area (Å²) in [6.45, 7) is 2.81. The monoisotopic (exact) mass is 454 g/mol. The number of nitrogens with one attached hydrogen (secondary N) is 1. The molecule has 1 saturated carbocycles. The third-order valence-electron chi connectivity index (χ3n) is 5.71. The van der Waals surface area contributed by atoms with Gasteiger partial charge in [0.15, 0.2) is 0 Å². The van der Waals surface area contributed by atoms with Gasteiger partial charge in [-0.1, -0.05) is 29.3 Å². The number of carbonyl (C=O) groups excluding carboxylic acids is 1. The van der Waals surface area contributed by atoms with Crippen molar-refractivity contribution in [2.24, 2.45) is 5.92 Å². The quantitative estimate of drug-likeness (QED) is 0.690. The fraction of sp³-hybridized carbons (Fsp3) is 0.476. The van der Waals surface area contributed by atoms with E-state index in [1.807, 2.05) is 13.0 Å². The fourth-order valence-electron chi connectivity index (χ4n) is 3.95. The summed E-state index contributed by atoms with van der Waals surface area (Å²) in [5, 5.41) is 3.88. The molecule has 1 aromatic carbocycles. The van der Waals surface area contributed by atoms with Gasteiger partial charge in [-0.2, -0.15) is 0 Å². The van der Waals surface area contributed by atoms with Crippen molar-refractivity contribution in [2.75, 3.05) is 6.54 Å². The zero-order valence-electron chi connectivity index (χ0n) is 16.5. The molecule has 1 N–H and O–H groups in total. The van der Waals surface area contributed by atoms with E-state index in [1.54, 1.807) is 23.2 Å². The van der Waals surface area contributed by atoms with Crippen molar-refractivity contribution in [1.29, 1.82) is 0 Å². The van der Waals surface area contributed by atoms with E-state index < -0.39 is 5.92 Å². The molecule has 160 valence electrons. The van der Waals surface area contributed by atoms with Crippen LogP contribution in [-0.2, 0) is 19.4 Å². The van der Waals surface area contributed by atoms with Crippen LogP contribution < -0.4 is 5.32 Å². The van der Waals surface area contributed by atoms with Crippen molar-refractivity contribution in [3.05, 3.63) is 57.1 Å². The van der Waals surface area contributed by atoms with Gasteiger partial charge in [-0.05, 0) is 42.5 Å². The van der Waals surface area contributed by atoms with Crippen LogP contribution >= 0.6 is 23.2 Å². The van der Waals surface area contributed by atoms with Crippen LogP contribution in [0.5, 0.6) is 0 Å². The highest BCUT2D eigenvalue weighted by Gasteiger charge is 2.45. The average Bonchev–Trinajstić information content (AvgIpc) is 2.68. The summed E-state index contributed by atoms with van der Waals surface area (Å²) in [4.78, 5) is 23.4. The van der Waals surface area contributed by atoms with Gasteiger partial charge in [0, 0.05) is 32.0 Å². The van der Waals surface area contributed by atoms with E-state index in [9.17, 15) is 13.6 Å². The van der Waals surface area contributed by atoms with Gasteiger partial charge in [0.1, 0.15) is 5.82 Å². The summed E-state index contributed by atoms with van der Waals surface area (Å²) < 4.78 is 26.1. The maximum Gasteiger partial charge on any atom is 0.318 e. The number of halogens is 4. The van der Waals surface area contributed by atoms with E-state index >= 15 is 0 Å². The third-order valence-corrected chi connectivity index (χ3v) is 6.45. The molecule has 2 aromatic rings. The third kappa shape index (κ3) is 4.67. The van der Waals surface area contributed by atoms with Gasteiger partial charge in [-0.3, -0.25) is 0 Å². The standard InChI is InChI=1S/C21H22Cl2F2N4O/c1-12(14-2-3-16(22)17(23)7-14)27-20(30)29-5-4-15-10-26-19(28-18(15)11-29)6-13-8-21(24,25)9-13/h2-3,7,10,12-13H,4-6,8-9,11H2,1H3,(H,27,30)/t12-/m1/s1. The topological polar surface area (TPSA) is 58.1 Å². The van der Waals surface area contributed by atoms with Crippen molar-refractivity contribution in [1.82, 2.24) is 20.2 Å². The average molecular weight is 455 g/mol. The molecule has 0 spiro atoms. The maximum atomic E-state index is 13.1. The Morgan fingerprint density at radius 2 is 2.10 bits per heavy atom. The highest BCUT2D eigenvalue weighted by molar-refractivity contribution is 6.42. The molecule has 1 aliphatic carbocycles. The van der Waals surface area contributed by atoms with Gasteiger partial charge in [0.05, 0.1) is 28.3 Å². The summed E-state index contributed by atoms with van der Waals surface area (Å²) in [6.07, 6.45) is 2.67.